The van der Waals surface area contributed by atoms with Gasteiger partial charge in [0.25, 0.3) is 0 Å². The van der Waals surface area contributed by atoms with E-state index in [1.165, 1.54) is 16.4 Å². The molecule has 1 aliphatic rings. The first kappa shape index (κ1) is 23.0. The van der Waals surface area contributed by atoms with Crippen LogP contribution in [0.5, 0.6) is 11.5 Å². The number of carbonyl (C=O) groups excluding carboxylic acids is 1. The monoisotopic (exact) mass is 471 g/mol. The van der Waals surface area contributed by atoms with E-state index in [1.54, 1.807) is 18.7 Å². The molecule has 1 N–H and O–H groups in total. The van der Waals surface area contributed by atoms with E-state index in [9.17, 15) is 22.0 Å². The summed E-state index contributed by atoms with van der Waals surface area (Å²) < 4.78 is 61.4. The molecule has 2 aromatic rings. The predicted octanol–water partition coefficient (Wildman–Crippen LogP) is 2.12. The van der Waals surface area contributed by atoms with Gasteiger partial charge in [-0.25, -0.2) is 18.4 Å². The lowest BCUT2D eigenvalue weighted by molar-refractivity contribution is -0.0503. The van der Waals surface area contributed by atoms with Crippen LogP contribution in [-0.4, -0.2) is 63.4 Å². The highest BCUT2D eigenvalue weighted by Crippen LogP contribution is 2.25. The van der Waals surface area contributed by atoms with Crippen molar-refractivity contribution >= 4 is 30.9 Å². The lowest BCUT2D eigenvalue weighted by Crippen LogP contribution is -2.42. The van der Waals surface area contributed by atoms with Gasteiger partial charge in [-0.15, -0.1) is 0 Å². The summed E-state index contributed by atoms with van der Waals surface area (Å²) in [4.78, 5) is 18.8. The number of nitrogens with zero attached hydrogens (tertiary/aromatic N) is 3. The fraction of sp³-hybridized carbons (Fsp3) is 0.389. The molecule has 0 saturated carbocycles. The second kappa shape index (κ2) is 10.1. The van der Waals surface area contributed by atoms with Crippen molar-refractivity contribution in [3.05, 3.63) is 36.7 Å². The van der Waals surface area contributed by atoms with Crippen molar-refractivity contribution in [3.63, 3.8) is 0 Å². The number of nitrogens with one attached hydrogen (secondary N) is 1. The summed E-state index contributed by atoms with van der Waals surface area (Å²) in [6.07, 6.45) is 3.32. The third-order valence-electron chi connectivity index (χ3n) is 4.53. The molecular formula is C18H21F2N4O5SSi. The molecule has 0 aliphatic carbocycles. The van der Waals surface area contributed by atoms with Crippen molar-refractivity contribution in [1.29, 1.82) is 0 Å². The van der Waals surface area contributed by atoms with E-state index in [0.29, 0.717) is 18.6 Å². The second-order valence-electron chi connectivity index (χ2n) is 6.75. The van der Waals surface area contributed by atoms with Crippen LogP contribution in [0.4, 0.5) is 14.7 Å². The number of ether oxygens (including phenoxy) is 1. The molecule has 13 heteroatoms. The fourth-order valence-corrected chi connectivity index (χ4v) is 5.09. The van der Waals surface area contributed by atoms with Gasteiger partial charge in [0.05, 0.1) is 17.3 Å². The Morgan fingerprint density at radius 1 is 1.23 bits per heavy atom. The van der Waals surface area contributed by atoms with Gasteiger partial charge in [-0.3, -0.25) is 0 Å². The molecular weight excluding hydrogens is 450 g/mol. The van der Waals surface area contributed by atoms with Crippen molar-refractivity contribution in [2.45, 2.75) is 36.9 Å². The number of halogens is 2. The molecule has 9 nitrogen and oxygen atoms in total. The van der Waals surface area contributed by atoms with Gasteiger partial charge in [-0.1, -0.05) is 6.07 Å². The average Bonchev–Trinajstić information content (AvgIpc) is 2.75. The molecule has 1 aromatic heterocycles. The summed E-state index contributed by atoms with van der Waals surface area (Å²) in [5.74, 6) is 1.18. The molecule has 0 amide bonds. The van der Waals surface area contributed by atoms with Gasteiger partial charge in [0.2, 0.25) is 16.0 Å². The SMILES string of the molecule is C[Si](C=O)Oc1cccc(S(=O)(=O)N2CCC(Nc3ncc(OC(F)F)cn3)CC2)c1. The Balaban J connectivity index is 1.58. The number of hydrogen-bond acceptors (Lipinski definition) is 8. The van der Waals surface area contributed by atoms with Crippen LogP contribution in [0.15, 0.2) is 41.6 Å². The lowest BCUT2D eigenvalue weighted by atomic mass is 10.1. The van der Waals surface area contributed by atoms with Crippen LogP contribution in [0.1, 0.15) is 12.8 Å². The van der Waals surface area contributed by atoms with Crippen molar-refractivity contribution in [3.8, 4) is 11.5 Å². The number of hydrogen-bond donors (Lipinski definition) is 1. The summed E-state index contributed by atoms with van der Waals surface area (Å²) >= 11 is 0. The molecule has 1 fully saturated rings. The molecule has 1 saturated heterocycles. The Morgan fingerprint density at radius 2 is 1.90 bits per heavy atom. The van der Waals surface area contributed by atoms with Crippen LogP contribution < -0.4 is 14.5 Å². The van der Waals surface area contributed by atoms with Crippen LogP contribution in [0, 0.1) is 0 Å². The summed E-state index contributed by atoms with van der Waals surface area (Å²) in [5.41, 5.74) is 0. The van der Waals surface area contributed by atoms with E-state index >= 15 is 0 Å². The lowest BCUT2D eigenvalue weighted by Gasteiger charge is -2.31. The molecule has 1 radical (unpaired) electrons. The molecule has 31 heavy (non-hydrogen) atoms. The second-order valence-corrected chi connectivity index (χ2v) is 10.3. The van der Waals surface area contributed by atoms with Gasteiger partial charge in [0.15, 0.2) is 5.75 Å². The number of carbonyl (C=O) groups is 1. The largest absolute Gasteiger partial charge is 0.535 e. The van der Waals surface area contributed by atoms with Crippen molar-refractivity contribution in [1.82, 2.24) is 14.3 Å². The van der Waals surface area contributed by atoms with Gasteiger partial charge in [0, 0.05) is 19.1 Å². The molecule has 0 atom stereocenters. The number of piperidine rings is 1. The molecule has 3 rings (SSSR count). The zero-order valence-corrected chi connectivity index (χ0v) is 18.4. The van der Waals surface area contributed by atoms with E-state index in [4.69, 9.17) is 4.43 Å². The number of rotatable bonds is 9. The third kappa shape index (κ3) is 6.18. The average molecular weight is 472 g/mol. The van der Waals surface area contributed by atoms with E-state index in [-0.39, 0.29) is 35.7 Å². The minimum absolute atomic E-state index is 0.0687. The predicted molar refractivity (Wildman–Crippen MR) is 110 cm³/mol. The number of aromatic nitrogens is 2. The number of alkyl halides is 2. The van der Waals surface area contributed by atoms with Crippen LogP contribution in [0.25, 0.3) is 0 Å². The summed E-state index contributed by atoms with van der Waals surface area (Å²) in [6.45, 7) is -0.709. The standard InChI is InChI=1S/C18H21F2N4O5SSi/c1-31(12-25)29-14-3-2-4-16(9-14)30(26,27)24-7-5-13(6-8-24)23-18-21-10-15(11-22-18)28-17(19)20/h2-4,9-13,17H,5-8H2,1H3,(H,21,22,23). The highest BCUT2D eigenvalue weighted by atomic mass is 32.2. The third-order valence-corrected chi connectivity index (χ3v) is 7.31. The Bertz CT molecular complexity index is 989. The summed E-state index contributed by atoms with van der Waals surface area (Å²) in [7, 11) is -5.38. The van der Waals surface area contributed by atoms with Crippen LogP contribution in [0.3, 0.4) is 0 Å². The molecule has 0 spiro atoms. The summed E-state index contributed by atoms with van der Waals surface area (Å²) in [6, 6.07) is 6.04. The first-order valence-electron chi connectivity index (χ1n) is 9.38. The van der Waals surface area contributed by atoms with Crippen LogP contribution in [-0.2, 0) is 14.8 Å². The Morgan fingerprint density at radius 3 is 2.52 bits per heavy atom. The molecule has 167 valence electrons. The maximum absolute atomic E-state index is 13.0. The maximum Gasteiger partial charge on any atom is 0.387 e. The Labute approximate surface area is 180 Å². The van der Waals surface area contributed by atoms with E-state index in [0.717, 1.165) is 18.3 Å². The first-order valence-corrected chi connectivity index (χ1v) is 12.8. The van der Waals surface area contributed by atoms with Gasteiger partial charge >= 0.3 is 15.7 Å². The molecule has 0 unspecified atom stereocenters. The van der Waals surface area contributed by atoms with E-state index < -0.39 is 25.7 Å². The highest BCUT2D eigenvalue weighted by Gasteiger charge is 2.30. The zero-order chi connectivity index (χ0) is 22.4. The minimum atomic E-state index is -3.71. The molecule has 0 bridgehead atoms. The number of anilines is 1. The van der Waals surface area contributed by atoms with Crippen molar-refractivity contribution in [2.24, 2.45) is 0 Å². The van der Waals surface area contributed by atoms with Crippen molar-refractivity contribution < 1.29 is 31.2 Å². The highest BCUT2D eigenvalue weighted by molar-refractivity contribution is 7.89. The van der Waals surface area contributed by atoms with Crippen LogP contribution in [0.2, 0.25) is 6.55 Å². The number of sulfonamides is 1. The minimum Gasteiger partial charge on any atom is -0.535 e. The normalized spacial score (nSPS) is 15.8. The van der Waals surface area contributed by atoms with Gasteiger partial charge < -0.3 is 19.3 Å². The zero-order valence-electron chi connectivity index (χ0n) is 16.6. The Kier molecular flexibility index (Phi) is 7.51. The van der Waals surface area contributed by atoms with E-state index in [2.05, 4.69) is 20.0 Å². The van der Waals surface area contributed by atoms with Gasteiger partial charge in [-0.05, 0) is 37.6 Å². The topological polar surface area (TPSA) is 111 Å². The quantitative estimate of drug-likeness (QED) is 0.437. The molecule has 1 aromatic carbocycles. The van der Waals surface area contributed by atoms with Gasteiger partial charge in [-0.2, -0.15) is 13.1 Å². The summed E-state index contributed by atoms with van der Waals surface area (Å²) in [5, 5.41) is 3.07. The first-order chi connectivity index (χ1) is 14.8. The smallest absolute Gasteiger partial charge is 0.387 e. The maximum atomic E-state index is 13.0. The van der Waals surface area contributed by atoms with Gasteiger partial charge in [0.1, 0.15) is 11.7 Å². The van der Waals surface area contributed by atoms with Crippen molar-refractivity contribution in [2.75, 3.05) is 18.4 Å². The van der Waals surface area contributed by atoms with E-state index in [1.807, 2.05) is 0 Å². The number of benzene rings is 1. The molecule has 2 heterocycles. The van der Waals surface area contributed by atoms with Crippen LogP contribution >= 0.6 is 0 Å². The molecule has 1 aliphatic heterocycles. The Hall–Kier alpha value is -2.64. The fourth-order valence-electron chi connectivity index (χ4n) is 3.03.